The van der Waals surface area contributed by atoms with Crippen LogP contribution in [0.2, 0.25) is 0 Å². The highest BCUT2D eigenvalue weighted by Crippen LogP contribution is 2.36. The van der Waals surface area contributed by atoms with Crippen LogP contribution in [-0.4, -0.2) is 25.0 Å². The third-order valence-corrected chi connectivity index (χ3v) is 5.43. The van der Waals surface area contributed by atoms with Crippen LogP contribution in [0.1, 0.15) is 36.9 Å². The Morgan fingerprint density at radius 3 is 2.35 bits per heavy atom. The number of benzene rings is 1. The van der Waals surface area contributed by atoms with Gasteiger partial charge in [-0.1, -0.05) is 12.1 Å². The van der Waals surface area contributed by atoms with Crippen LogP contribution >= 0.6 is 0 Å². The highest BCUT2D eigenvalue weighted by Gasteiger charge is 2.35. The summed E-state index contributed by atoms with van der Waals surface area (Å²) in [6, 6.07) is 4.41. The Balaban J connectivity index is 2.27. The van der Waals surface area contributed by atoms with Crippen molar-refractivity contribution in [2.75, 3.05) is 12.3 Å². The summed E-state index contributed by atoms with van der Waals surface area (Å²) in [5.41, 5.74) is -0.100. The van der Waals surface area contributed by atoms with E-state index < -0.39 is 21.8 Å². The van der Waals surface area contributed by atoms with E-state index in [1.807, 2.05) is 0 Å². The smallest absolute Gasteiger partial charge is 0.212 e. The number of hydrogen-bond acceptors (Lipinski definition) is 2. The average Bonchev–Trinajstić information content (AvgIpc) is 2.88. The van der Waals surface area contributed by atoms with Crippen LogP contribution in [0.25, 0.3) is 0 Å². The molecule has 1 heterocycles. The maximum Gasteiger partial charge on any atom is 0.416 e. The molecule has 1 unspecified atom stereocenters. The van der Waals surface area contributed by atoms with Crippen molar-refractivity contribution in [1.82, 2.24) is 4.31 Å². The molecule has 1 aromatic rings. The van der Waals surface area contributed by atoms with E-state index >= 15 is 0 Å². The van der Waals surface area contributed by atoms with E-state index in [-0.39, 0.29) is 11.8 Å². The topological polar surface area (TPSA) is 37.4 Å². The lowest BCUT2D eigenvalue weighted by Crippen LogP contribution is -2.31. The lowest BCUT2D eigenvalue weighted by atomic mass is 10.0. The highest BCUT2D eigenvalue weighted by atomic mass is 32.2. The first kappa shape index (κ1) is 15.3. The molecular weight excluding hydrogens is 291 g/mol. The van der Waals surface area contributed by atoms with Gasteiger partial charge in [0.1, 0.15) is 0 Å². The molecule has 0 aliphatic carbocycles. The van der Waals surface area contributed by atoms with Gasteiger partial charge in [-0.05, 0) is 37.5 Å². The largest absolute Gasteiger partial charge is 0.416 e. The maximum atomic E-state index is 12.5. The van der Waals surface area contributed by atoms with Gasteiger partial charge in [-0.2, -0.15) is 17.5 Å². The first-order chi connectivity index (χ1) is 9.25. The summed E-state index contributed by atoms with van der Waals surface area (Å²) < 4.78 is 62.8. The molecule has 0 radical (unpaired) electrons. The zero-order valence-corrected chi connectivity index (χ0v) is 11.8. The van der Waals surface area contributed by atoms with E-state index in [4.69, 9.17) is 0 Å². The molecule has 0 aromatic heterocycles. The first-order valence-corrected chi connectivity index (χ1v) is 8.03. The van der Waals surface area contributed by atoms with E-state index in [0.29, 0.717) is 18.5 Å². The molecule has 7 heteroatoms. The Morgan fingerprint density at radius 2 is 1.85 bits per heavy atom. The summed E-state index contributed by atoms with van der Waals surface area (Å²) >= 11 is 0. The first-order valence-electron chi connectivity index (χ1n) is 6.42. The molecule has 1 saturated heterocycles. The van der Waals surface area contributed by atoms with Crippen LogP contribution in [0.5, 0.6) is 0 Å². The quantitative estimate of drug-likeness (QED) is 0.860. The Kier molecular flexibility index (Phi) is 4.11. The molecule has 2 rings (SSSR count). The molecule has 1 atom stereocenters. The van der Waals surface area contributed by atoms with Crippen LogP contribution < -0.4 is 0 Å². The Hall–Kier alpha value is -1.08. The zero-order chi connectivity index (χ0) is 15.0. The Bertz CT molecular complexity index is 566. The summed E-state index contributed by atoms with van der Waals surface area (Å²) in [6.07, 6.45) is -3.00. The normalized spacial score (nSPS) is 21.3. The lowest BCUT2D eigenvalue weighted by Gasteiger charge is -2.24. The molecule has 0 saturated carbocycles. The van der Waals surface area contributed by atoms with Gasteiger partial charge in [0.2, 0.25) is 10.0 Å². The van der Waals surface area contributed by atoms with Crippen molar-refractivity contribution < 1.29 is 21.6 Å². The summed E-state index contributed by atoms with van der Waals surface area (Å²) in [5.74, 6) is 0.00410. The number of alkyl halides is 3. The molecule has 20 heavy (non-hydrogen) atoms. The van der Waals surface area contributed by atoms with Crippen molar-refractivity contribution in [2.24, 2.45) is 0 Å². The van der Waals surface area contributed by atoms with Gasteiger partial charge < -0.3 is 0 Å². The minimum atomic E-state index is -4.37. The van der Waals surface area contributed by atoms with Crippen LogP contribution in [-0.2, 0) is 16.2 Å². The van der Waals surface area contributed by atoms with E-state index in [0.717, 1.165) is 18.6 Å². The van der Waals surface area contributed by atoms with Crippen LogP contribution in [0, 0.1) is 0 Å². The molecule has 1 aromatic carbocycles. The van der Waals surface area contributed by atoms with Gasteiger partial charge in [0.05, 0.1) is 11.3 Å². The van der Waals surface area contributed by atoms with Crippen molar-refractivity contribution in [1.29, 1.82) is 0 Å². The lowest BCUT2D eigenvalue weighted by molar-refractivity contribution is -0.137. The predicted octanol–water partition coefficient (Wildman–Crippen LogP) is 3.19. The van der Waals surface area contributed by atoms with Crippen molar-refractivity contribution in [3.8, 4) is 0 Å². The fourth-order valence-electron chi connectivity index (χ4n) is 2.47. The van der Waals surface area contributed by atoms with E-state index in [1.54, 1.807) is 6.92 Å². The average molecular weight is 307 g/mol. The molecular formula is C13H16F3NO2S. The fraction of sp³-hybridized carbons (Fsp3) is 0.538. The standard InChI is InChI=1S/C13H16F3NO2S/c1-2-20(18,19)17-9-3-4-12(17)10-5-7-11(8-6-10)13(14,15)16/h5-8,12H,2-4,9H2,1H3. The summed E-state index contributed by atoms with van der Waals surface area (Å²) in [7, 11) is -3.32. The molecule has 0 bridgehead atoms. The van der Waals surface area contributed by atoms with Crippen LogP contribution in [0.15, 0.2) is 24.3 Å². The number of nitrogens with zero attached hydrogens (tertiary/aromatic N) is 1. The number of rotatable bonds is 3. The van der Waals surface area contributed by atoms with Crippen molar-refractivity contribution in [2.45, 2.75) is 32.0 Å². The third kappa shape index (κ3) is 2.98. The zero-order valence-electron chi connectivity index (χ0n) is 11.0. The van der Waals surface area contributed by atoms with Gasteiger partial charge in [0.25, 0.3) is 0 Å². The van der Waals surface area contributed by atoms with Crippen LogP contribution in [0.4, 0.5) is 13.2 Å². The number of hydrogen-bond donors (Lipinski definition) is 0. The van der Waals surface area contributed by atoms with Gasteiger partial charge in [0, 0.05) is 12.6 Å². The predicted molar refractivity (Wildman–Crippen MR) is 69.6 cm³/mol. The second-order valence-corrected chi connectivity index (χ2v) is 7.00. The summed E-state index contributed by atoms with van der Waals surface area (Å²) in [5, 5.41) is 0. The van der Waals surface area contributed by atoms with Gasteiger partial charge in [0.15, 0.2) is 0 Å². The second-order valence-electron chi connectivity index (χ2n) is 4.79. The van der Waals surface area contributed by atoms with Crippen molar-refractivity contribution >= 4 is 10.0 Å². The van der Waals surface area contributed by atoms with Crippen molar-refractivity contribution in [3.63, 3.8) is 0 Å². The van der Waals surface area contributed by atoms with Gasteiger partial charge in [-0.25, -0.2) is 8.42 Å². The number of halogens is 3. The molecule has 0 N–H and O–H groups in total. The fourth-order valence-corrected chi connectivity index (χ4v) is 3.82. The molecule has 1 aliphatic heterocycles. The van der Waals surface area contributed by atoms with E-state index in [2.05, 4.69) is 0 Å². The molecule has 0 amide bonds. The summed E-state index contributed by atoms with van der Waals surface area (Å²) in [6.45, 7) is 2.00. The highest BCUT2D eigenvalue weighted by molar-refractivity contribution is 7.89. The molecule has 3 nitrogen and oxygen atoms in total. The molecule has 1 fully saturated rings. The van der Waals surface area contributed by atoms with Gasteiger partial charge in [-0.3, -0.25) is 0 Å². The van der Waals surface area contributed by atoms with E-state index in [1.165, 1.54) is 16.4 Å². The monoisotopic (exact) mass is 307 g/mol. The SMILES string of the molecule is CCS(=O)(=O)N1CCCC1c1ccc(C(F)(F)F)cc1. The van der Waals surface area contributed by atoms with Gasteiger partial charge >= 0.3 is 6.18 Å². The second kappa shape index (κ2) is 5.37. The van der Waals surface area contributed by atoms with Gasteiger partial charge in [-0.15, -0.1) is 0 Å². The van der Waals surface area contributed by atoms with Crippen LogP contribution in [0.3, 0.4) is 0 Å². The summed E-state index contributed by atoms with van der Waals surface area (Å²) in [4.78, 5) is 0. The maximum absolute atomic E-state index is 12.5. The van der Waals surface area contributed by atoms with Crippen molar-refractivity contribution in [3.05, 3.63) is 35.4 Å². The Labute approximate surface area is 116 Å². The molecule has 1 aliphatic rings. The Morgan fingerprint density at radius 1 is 1.25 bits per heavy atom. The minimum absolute atomic E-state index is 0.00410. The molecule has 0 spiro atoms. The third-order valence-electron chi connectivity index (χ3n) is 3.55. The van der Waals surface area contributed by atoms with E-state index in [9.17, 15) is 21.6 Å². The molecule has 112 valence electrons. The number of sulfonamides is 1. The minimum Gasteiger partial charge on any atom is -0.212 e.